The quantitative estimate of drug-likeness (QED) is 0.786. The standard InChI is InChI=1S/C15H19N3O2/c16-9-12-3-5-13(6-4-12)18-14(20)17-10-15(11-19)7-1-2-8-15/h3-6,19H,1-2,7-8,10-11H2,(H2,17,18,20). The number of aliphatic hydroxyl groups is 1. The van der Waals surface area contributed by atoms with E-state index >= 15 is 0 Å². The van der Waals surface area contributed by atoms with E-state index in [4.69, 9.17) is 5.26 Å². The Morgan fingerprint density at radius 2 is 1.95 bits per heavy atom. The minimum atomic E-state index is -0.283. The predicted molar refractivity (Wildman–Crippen MR) is 76.2 cm³/mol. The van der Waals surface area contributed by atoms with Crippen LogP contribution in [0.25, 0.3) is 0 Å². The van der Waals surface area contributed by atoms with Crippen LogP contribution in [0.3, 0.4) is 0 Å². The van der Waals surface area contributed by atoms with Gasteiger partial charge in [0.15, 0.2) is 0 Å². The molecule has 0 spiro atoms. The molecule has 0 aromatic heterocycles. The normalized spacial score (nSPS) is 16.4. The second-order valence-electron chi connectivity index (χ2n) is 5.36. The Kier molecular flexibility index (Phi) is 4.59. The topological polar surface area (TPSA) is 85.2 Å². The van der Waals surface area contributed by atoms with E-state index in [-0.39, 0.29) is 18.1 Å². The molecule has 20 heavy (non-hydrogen) atoms. The number of hydrogen-bond donors (Lipinski definition) is 3. The lowest BCUT2D eigenvalue weighted by Crippen LogP contribution is -2.40. The second-order valence-corrected chi connectivity index (χ2v) is 5.36. The van der Waals surface area contributed by atoms with Crippen molar-refractivity contribution < 1.29 is 9.90 Å². The van der Waals surface area contributed by atoms with Crippen molar-refractivity contribution in [1.82, 2.24) is 5.32 Å². The van der Waals surface area contributed by atoms with E-state index in [0.29, 0.717) is 17.8 Å². The van der Waals surface area contributed by atoms with Gasteiger partial charge in [-0.25, -0.2) is 4.79 Å². The first-order valence-electron chi connectivity index (χ1n) is 6.83. The van der Waals surface area contributed by atoms with Crippen molar-refractivity contribution >= 4 is 11.7 Å². The maximum Gasteiger partial charge on any atom is 0.319 e. The van der Waals surface area contributed by atoms with Crippen LogP contribution >= 0.6 is 0 Å². The van der Waals surface area contributed by atoms with Gasteiger partial charge in [-0.15, -0.1) is 0 Å². The van der Waals surface area contributed by atoms with E-state index in [1.165, 1.54) is 0 Å². The Labute approximate surface area is 118 Å². The number of hydrogen-bond acceptors (Lipinski definition) is 3. The highest BCUT2D eigenvalue weighted by Crippen LogP contribution is 2.36. The zero-order valence-corrected chi connectivity index (χ0v) is 11.4. The molecular weight excluding hydrogens is 254 g/mol. The van der Waals surface area contributed by atoms with E-state index in [2.05, 4.69) is 10.6 Å². The third-order valence-corrected chi connectivity index (χ3v) is 3.90. The Hall–Kier alpha value is -2.06. The van der Waals surface area contributed by atoms with Crippen molar-refractivity contribution in [1.29, 1.82) is 5.26 Å². The van der Waals surface area contributed by atoms with Crippen molar-refractivity contribution in [2.45, 2.75) is 25.7 Å². The van der Waals surface area contributed by atoms with Gasteiger partial charge in [0.25, 0.3) is 0 Å². The van der Waals surface area contributed by atoms with Crippen molar-refractivity contribution in [3.05, 3.63) is 29.8 Å². The highest BCUT2D eigenvalue weighted by molar-refractivity contribution is 5.89. The van der Waals surface area contributed by atoms with Crippen molar-refractivity contribution in [2.24, 2.45) is 5.41 Å². The van der Waals surface area contributed by atoms with E-state index in [1.807, 2.05) is 6.07 Å². The zero-order chi connectivity index (χ0) is 14.4. The lowest BCUT2D eigenvalue weighted by molar-refractivity contribution is 0.130. The number of nitriles is 1. The predicted octanol–water partition coefficient (Wildman–Crippen LogP) is 2.23. The highest BCUT2D eigenvalue weighted by atomic mass is 16.3. The molecule has 0 atom stereocenters. The van der Waals surface area contributed by atoms with E-state index in [1.54, 1.807) is 24.3 Å². The van der Waals surface area contributed by atoms with Crippen molar-refractivity contribution in [3.63, 3.8) is 0 Å². The Morgan fingerprint density at radius 3 is 2.50 bits per heavy atom. The number of aliphatic hydroxyl groups excluding tert-OH is 1. The highest BCUT2D eigenvalue weighted by Gasteiger charge is 2.33. The van der Waals surface area contributed by atoms with Crippen LogP contribution in [0, 0.1) is 16.7 Å². The smallest absolute Gasteiger partial charge is 0.319 e. The van der Waals surface area contributed by atoms with Crippen molar-refractivity contribution in [2.75, 3.05) is 18.5 Å². The first kappa shape index (κ1) is 14.4. The number of amides is 2. The second kappa shape index (κ2) is 6.40. The summed E-state index contributed by atoms with van der Waals surface area (Å²) in [6.45, 7) is 0.607. The third-order valence-electron chi connectivity index (χ3n) is 3.90. The van der Waals surface area contributed by atoms with Crippen molar-refractivity contribution in [3.8, 4) is 6.07 Å². The molecule has 0 heterocycles. The molecule has 1 aliphatic carbocycles. The molecule has 1 fully saturated rings. The van der Waals surface area contributed by atoms with Gasteiger partial charge in [0.2, 0.25) is 0 Å². The summed E-state index contributed by atoms with van der Waals surface area (Å²) in [5, 5.41) is 23.7. The van der Waals surface area contributed by atoms with Gasteiger partial charge in [-0.2, -0.15) is 5.26 Å². The first-order chi connectivity index (χ1) is 9.67. The Bertz CT molecular complexity index is 499. The van der Waals surface area contributed by atoms with E-state index in [9.17, 15) is 9.90 Å². The van der Waals surface area contributed by atoms with E-state index in [0.717, 1.165) is 25.7 Å². The number of carbonyl (C=O) groups excluding carboxylic acids is 1. The van der Waals surface area contributed by atoms with Gasteiger partial charge >= 0.3 is 6.03 Å². The molecule has 0 saturated heterocycles. The number of benzene rings is 1. The Balaban J connectivity index is 1.84. The summed E-state index contributed by atoms with van der Waals surface area (Å²) in [5.74, 6) is 0. The number of nitrogens with zero attached hydrogens (tertiary/aromatic N) is 1. The number of nitrogens with one attached hydrogen (secondary N) is 2. The molecule has 0 bridgehead atoms. The summed E-state index contributed by atoms with van der Waals surface area (Å²) in [7, 11) is 0. The summed E-state index contributed by atoms with van der Waals surface area (Å²) < 4.78 is 0. The summed E-state index contributed by atoms with van der Waals surface area (Å²) in [6.07, 6.45) is 4.14. The van der Waals surface area contributed by atoms with Crippen LogP contribution in [0.1, 0.15) is 31.2 Å². The van der Waals surface area contributed by atoms with Crippen LogP contribution < -0.4 is 10.6 Å². The van der Waals surface area contributed by atoms with Crippen LogP contribution in [-0.2, 0) is 0 Å². The molecule has 0 radical (unpaired) electrons. The van der Waals surface area contributed by atoms with Crippen LogP contribution in [-0.4, -0.2) is 24.3 Å². The maximum absolute atomic E-state index is 11.8. The largest absolute Gasteiger partial charge is 0.396 e. The van der Waals surface area contributed by atoms with Gasteiger partial charge in [-0.05, 0) is 37.1 Å². The molecule has 106 valence electrons. The molecule has 1 aromatic rings. The monoisotopic (exact) mass is 273 g/mol. The van der Waals surface area contributed by atoms with Crippen LogP contribution in [0.4, 0.5) is 10.5 Å². The molecular formula is C15H19N3O2. The molecule has 3 N–H and O–H groups in total. The molecule has 2 amide bonds. The zero-order valence-electron chi connectivity index (χ0n) is 11.4. The number of urea groups is 1. The van der Waals surface area contributed by atoms with Crippen LogP contribution in [0.2, 0.25) is 0 Å². The van der Waals surface area contributed by atoms with Gasteiger partial charge in [-0.3, -0.25) is 0 Å². The fourth-order valence-electron chi connectivity index (χ4n) is 2.59. The first-order valence-corrected chi connectivity index (χ1v) is 6.83. The minimum Gasteiger partial charge on any atom is -0.396 e. The molecule has 1 aliphatic rings. The number of anilines is 1. The average Bonchev–Trinajstić information content (AvgIpc) is 2.95. The van der Waals surface area contributed by atoms with Gasteiger partial charge in [-0.1, -0.05) is 12.8 Å². The minimum absolute atomic E-state index is 0.115. The molecule has 0 unspecified atom stereocenters. The molecule has 5 heteroatoms. The average molecular weight is 273 g/mol. The molecule has 1 saturated carbocycles. The molecule has 2 rings (SSSR count). The fraction of sp³-hybridized carbons (Fsp3) is 0.467. The summed E-state index contributed by atoms with van der Waals surface area (Å²) in [5.41, 5.74) is 1.05. The van der Waals surface area contributed by atoms with Gasteiger partial charge in [0.1, 0.15) is 0 Å². The van der Waals surface area contributed by atoms with E-state index < -0.39 is 0 Å². The lowest BCUT2D eigenvalue weighted by atomic mass is 9.87. The number of rotatable bonds is 4. The summed E-state index contributed by atoms with van der Waals surface area (Å²) in [4.78, 5) is 11.8. The van der Waals surface area contributed by atoms with Gasteiger partial charge in [0.05, 0.1) is 18.2 Å². The SMILES string of the molecule is N#Cc1ccc(NC(=O)NCC2(CO)CCCC2)cc1. The Morgan fingerprint density at radius 1 is 1.30 bits per heavy atom. The van der Waals surface area contributed by atoms with Crippen LogP contribution in [0.15, 0.2) is 24.3 Å². The maximum atomic E-state index is 11.8. The summed E-state index contributed by atoms with van der Waals surface area (Å²) in [6, 6.07) is 8.43. The van der Waals surface area contributed by atoms with Gasteiger partial charge < -0.3 is 15.7 Å². The molecule has 5 nitrogen and oxygen atoms in total. The summed E-state index contributed by atoms with van der Waals surface area (Å²) >= 11 is 0. The lowest BCUT2D eigenvalue weighted by Gasteiger charge is -2.26. The van der Waals surface area contributed by atoms with Crippen LogP contribution in [0.5, 0.6) is 0 Å². The molecule has 1 aromatic carbocycles. The molecule has 0 aliphatic heterocycles. The van der Waals surface area contributed by atoms with Gasteiger partial charge in [0, 0.05) is 17.6 Å². The fourth-order valence-corrected chi connectivity index (χ4v) is 2.59. The third kappa shape index (κ3) is 3.49. The number of carbonyl (C=O) groups is 1.